The Morgan fingerprint density at radius 2 is 1.92 bits per heavy atom. The van der Waals surface area contributed by atoms with Crippen LogP contribution in [0.2, 0.25) is 0 Å². The zero-order valence-corrected chi connectivity index (χ0v) is 14.3. The fourth-order valence-corrected chi connectivity index (χ4v) is 3.75. The molecule has 0 radical (unpaired) electrons. The lowest BCUT2D eigenvalue weighted by Crippen LogP contribution is -2.25. The smallest absolute Gasteiger partial charge is 0.227 e. The van der Waals surface area contributed by atoms with Gasteiger partial charge in [0.25, 0.3) is 0 Å². The van der Waals surface area contributed by atoms with E-state index in [0.29, 0.717) is 13.0 Å². The third-order valence-electron chi connectivity index (χ3n) is 4.96. The summed E-state index contributed by atoms with van der Waals surface area (Å²) in [6.07, 6.45) is 0.518. The molecule has 1 aliphatic heterocycles. The van der Waals surface area contributed by atoms with Crippen LogP contribution in [0.1, 0.15) is 29.3 Å². The maximum atomic E-state index is 12.6. The Morgan fingerprint density at radius 3 is 2.67 bits per heavy atom. The van der Waals surface area contributed by atoms with Crippen LogP contribution in [-0.2, 0) is 11.8 Å². The largest absolute Gasteiger partial charge is 0.331 e. The molecule has 1 fully saturated rings. The molecule has 4 rings (SSSR count). The maximum Gasteiger partial charge on any atom is 0.227 e. The Morgan fingerprint density at radius 1 is 1.12 bits per heavy atom. The highest BCUT2D eigenvalue weighted by atomic mass is 16.2. The van der Waals surface area contributed by atoms with Gasteiger partial charge >= 0.3 is 0 Å². The van der Waals surface area contributed by atoms with E-state index in [1.165, 1.54) is 5.56 Å². The second-order valence-corrected chi connectivity index (χ2v) is 6.71. The number of imidazole rings is 1. The van der Waals surface area contributed by atoms with Crippen molar-refractivity contribution in [3.63, 3.8) is 0 Å². The highest BCUT2D eigenvalue weighted by Gasteiger charge is 2.34. The van der Waals surface area contributed by atoms with Crippen LogP contribution in [0, 0.1) is 13.8 Å². The van der Waals surface area contributed by atoms with E-state index in [2.05, 4.69) is 42.7 Å². The van der Waals surface area contributed by atoms with Gasteiger partial charge in [0.05, 0.1) is 11.0 Å². The average Bonchev–Trinajstić information content (AvgIpc) is 3.09. The number of hydrogen-bond donors (Lipinski definition) is 0. The van der Waals surface area contributed by atoms with Crippen molar-refractivity contribution in [1.82, 2.24) is 9.55 Å². The number of anilines is 1. The number of aryl methyl sites for hydroxylation is 3. The summed E-state index contributed by atoms with van der Waals surface area (Å²) in [5, 5.41) is 0. The molecule has 2 aromatic carbocycles. The summed E-state index contributed by atoms with van der Waals surface area (Å²) in [5.74, 6) is 1.31. The van der Waals surface area contributed by atoms with E-state index in [9.17, 15) is 4.79 Å². The molecule has 1 atom stereocenters. The highest BCUT2D eigenvalue weighted by Crippen LogP contribution is 2.34. The summed E-state index contributed by atoms with van der Waals surface area (Å²) in [6, 6.07) is 14.4. The minimum Gasteiger partial charge on any atom is -0.331 e. The van der Waals surface area contributed by atoms with Crippen molar-refractivity contribution in [1.29, 1.82) is 0 Å². The minimum atomic E-state index is 0.135. The first kappa shape index (κ1) is 14.9. The van der Waals surface area contributed by atoms with E-state index in [-0.39, 0.29) is 11.8 Å². The number of carbonyl (C=O) groups excluding carboxylic acids is 1. The van der Waals surface area contributed by atoms with Crippen LogP contribution in [-0.4, -0.2) is 22.0 Å². The summed E-state index contributed by atoms with van der Waals surface area (Å²) in [6.45, 7) is 4.84. The second-order valence-electron chi connectivity index (χ2n) is 6.71. The normalized spacial score (nSPS) is 17.9. The standard InChI is InChI=1S/C20H21N3O/c1-13-8-9-17(14(2)10-13)23-12-15(11-19(23)24)20-21-16-6-4-5-7-18(16)22(20)3/h4-10,15H,11-12H2,1-3H3/t15-/m1/s1. The van der Waals surface area contributed by atoms with Crippen molar-refractivity contribution in [2.75, 3.05) is 11.4 Å². The Balaban J connectivity index is 1.69. The van der Waals surface area contributed by atoms with Crippen LogP contribution in [0.3, 0.4) is 0 Å². The van der Waals surface area contributed by atoms with Crippen molar-refractivity contribution in [2.24, 2.45) is 7.05 Å². The first-order valence-electron chi connectivity index (χ1n) is 8.33. The van der Waals surface area contributed by atoms with Crippen LogP contribution in [0.4, 0.5) is 5.69 Å². The molecule has 3 aromatic rings. The summed E-state index contributed by atoms with van der Waals surface area (Å²) < 4.78 is 2.12. The lowest BCUT2D eigenvalue weighted by atomic mass is 10.1. The SMILES string of the molecule is Cc1ccc(N2C[C@H](c3nc4ccccc4n3C)CC2=O)c(C)c1. The number of benzene rings is 2. The van der Waals surface area contributed by atoms with Gasteiger partial charge < -0.3 is 9.47 Å². The van der Waals surface area contributed by atoms with E-state index in [4.69, 9.17) is 4.98 Å². The Hall–Kier alpha value is -2.62. The average molecular weight is 319 g/mol. The van der Waals surface area contributed by atoms with Gasteiger partial charge in [0.15, 0.2) is 0 Å². The summed E-state index contributed by atoms with van der Waals surface area (Å²) in [5.41, 5.74) is 5.49. The van der Waals surface area contributed by atoms with E-state index < -0.39 is 0 Å². The van der Waals surface area contributed by atoms with Crippen molar-refractivity contribution >= 4 is 22.6 Å². The predicted octanol–water partition coefficient (Wildman–Crippen LogP) is 3.71. The molecule has 1 saturated heterocycles. The first-order chi connectivity index (χ1) is 11.5. The lowest BCUT2D eigenvalue weighted by molar-refractivity contribution is -0.117. The number of carbonyl (C=O) groups is 1. The quantitative estimate of drug-likeness (QED) is 0.722. The van der Waals surface area contributed by atoms with Gasteiger partial charge in [0, 0.05) is 31.6 Å². The minimum absolute atomic E-state index is 0.135. The predicted molar refractivity (Wildman–Crippen MR) is 96.3 cm³/mol. The molecule has 0 aliphatic carbocycles. The molecule has 122 valence electrons. The molecule has 4 nitrogen and oxygen atoms in total. The fraction of sp³-hybridized carbons (Fsp3) is 0.300. The van der Waals surface area contributed by atoms with Crippen molar-refractivity contribution in [3.05, 3.63) is 59.4 Å². The van der Waals surface area contributed by atoms with Crippen molar-refractivity contribution in [2.45, 2.75) is 26.2 Å². The van der Waals surface area contributed by atoms with E-state index >= 15 is 0 Å². The van der Waals surface area contributed by atoms with Gasteiger partial charge in [-0.2, -0.15) is 0 Å². The zero-order chi connectivity index (χ0) is 16.8. The molecule has 0 saturated carbocycles. The number of nitrogens with zero attached hydrogens (tertiary/aromatic N) is 3. The molecular weight excluding hydrogens is 298 g/mol. The molecule has 2 heterocycles. The Labute approximate surface area is 141 Å². The van der Waals surface area contributed by atoms with Gasteiger partial charge in [-0.25, -0.2) is 4.98 Å². The van der Waals surface area contributed by atoms with Gasteiger partial charge in [-0.05, 0) is 37.6 Å². The van der Waals surface area contributed by atoms with Crippen LogP contribution in [0.5, 0.6) is 0 Å². The van der Waals surface area contributed by atoms with Crippen molar-refractivity contribution in [3.8, 4) is 0 Å². The van der Waals surface area contributed by atoms with Crippen LogP contribution in [0.15, 0.2) is 42.5 Å². The number of fused-ring (bicyclic) bond motifs is 1. The molecule has 1 amide bonds. The molecular formula is C20H21N3O. The molecule has 0 bridgehead atoms. The third kappa shape index (κ3) is 2.30. The molecule has 1 aromatic heterocycles. The summed E-state index contributed by atoms with van der Waals surface area (Å²) in [7, 11) is 2.04. The molecule has 1 aliphatic rings. The van der Waals surface area contributed by atoms with Gasteiger partial charge in [0.2, 0.25) is 5.91 Å². The Bertz CT molecular complexity index is 941. The topological polar surface area (TPSA) is 38.1 Å². The third-order valence-corrected chi connectivity index (χ3v) is 4.96. The van der Waals surface area contributed by atoms with Gasteiger partial charge in [-0.1, -0.05) is 29.8 Å². The lowest BCUT2D eigenvalue weighted by Gasteiger charge is -2.19. The monoisotopic (exact) mass is 319 g/mol. The second kappa shape index (κ2) is 5.48. The number of aromatic nitrogens is 2. The molecule has 24 heavy (non-hydrogen) atoms. The number of amides is 1. The van der Waals surface area contributed by atoms with Gasteiger partial charge in [0.1, 0.15) is 5.82 Å². The summed E-state index contributed by atoms with van der Waals surface area (Å²) in [4.78, 5) is 19.3. The number of hydrogen-bond acceptors (Lipinski definition) is 2. The number of para-hydroxylation sites is 2. The Kier molecular flexibility index (Phi) is 3.41. The van der Waals surface area contributed by atoms with Gasteiger partial charge in [-0.3, -0.25) is 4.79 Å². The van der Waals surface area contributed by atoms with E-state index in [1.54, 1.807) is 0 Å². The molecule has 0 unspecified atom stereocenters. The van der Waals surface area contributed by atoms with Crippen LogP contribution in [0.25, 0.3) is 11.0 Å². The maximum absolute atomic E-state index is 12.6. The molecule has 4 heteroatoms. The van der Waals surface area contributed by atoms with Crippen LogP contribution >= 0.6 is 0 Å². The van der Waals surface area contributed by atoms with Crippen molar-refractivity contribution < 1.29 is 4.79 Å². The van der Waals surface area contributed by atoms with E-state index in [0.717, 1.165) is 28.1 Å². The van der Waals surface area contributed by atoms with Crippen LogP contribution < -0.4 is 4.90 Å². The summed E-state index contributed by atoms with van der Waals surface area (Å²) >= 11 is 0. The highest BCUT2D eigenvalue weighted by molar-refractivity contribution is 5.97. The fourth-order valence-electron chi connectivity index (χ4n) is 3.75. The zero-order valence-electron chi connectivity index (χ0n) is 14.3. The number of rotatable bonds is 2. The first-order valence-corrected chi connectivity index (χ1v) is 8.33. The van der Waals surface area contributed by atoms with Gasteiger partial charge in [-0.15, -0.1) is 0 Å². The molecule has 0 N–H and O–H groups in total. The molecule has 0 spiro atoms. The van der Waals surface area contributed by atoms with E-state index in [1.807, 2.05) is 30.1 Å².